The molecule has 2 heterocycles. The van der Waals surface area contributed by atoms with Crippen molar-refractivity contribution < 1.29 is 9.47 Å². The normalized spacial score (nSPS) is 10.8. The Morgan fingerprint density at radius 2 is 1.87 bits per heavy atom. The first-order valence-electron chi connectivity index (χ1n) is 9.83. The number of nitrogens with zero attached hydrogens (tertiary/aromatic N) is 3. The molecule has 0 aliphatic carbocycles. The highest BCUT2D eigenvalue weighted by Crippen LogP contribution is 2.33. The predicted octanol–water partition coefficient (Wildman–Crippen LogP) is 4.94. The van der Waals surface area contributed by atoms with E-state index in [2.05, 4.69) is 32.7 Å². The lowest BCUT2D eigenvalue weighted by Crippen LogP contribution is -2.07. The van der Waals surface area contributed by atoms with E-state index in [1.54, 1.807) is 20.3 Å². The van der Waals surface area contributed by atoms with Gasteiger partial charge in [-0.15, -0.1) is 0 Å². The number of aromatic amines is 1. The SMILES string of the molecule is CCc1cc(Nc2nc(NCc3ccc(Cl)cc3OC)nc3cccc(OC)c23)n[nH]1. The van der Waals surface area contributed by atoms with E-state index in [-0.39, 0.29) is 0 Å². The zero-order valence-electron chi connectivity index (χ0n) is 17.5. The topological polar surface area (TPSA) is 97.0 Å². The maximum absolute atomic E-state index is 6.06. The molecule has 8 nitrogen and oxygen atoms in total. The molecule has 0 atom stereocenters. The first-order chi connectivity index (χ1) is 15.1. The minimum absolute atomic E-state index is 0.464. The van der Waals surface area contributed by atoms with Gasteiger partial charge in [0.15, 0.2) is 5.82 Å². The number of aryl methyl sites for hydroxylation is 1. The molecule has 0 bridgehead atoms. The average molecular weight is 439 g/mol. The Morgan fingerprint density at radius 3 is 2.61 bits per heavy atom. The number of halogens is 1. The molecule has 3 N–H and O–H groups in total. The smallest absolute Gasteiger partial charge is 0.225 e. The van der Waals surface area contributed by atoms with Gasteiger partial charge in [-0.05, 0) is 30.7 Å². The monoisotopic (exact) mass is 438 g/mol. The predicted molar refractivity (Wildman–Crippen MR) is 123 cm³/mol. The summed E-state index contributed by atoms with van der Waals surface area (Å²) in [5.74, 6) is 3.11. The van der Waals surface area contributed by atoms with Gasteiger partial charge in [0.25, 0.3) is 0 Å². The standard InChI is InChI=1S/C22H23ClN6O2/c1-4-15-11-19(29-28-15)26-21-20-16(6-5-7-17(20)30-2)25-22(27-21)24-12-13-8-9-14(23)10-18(13)31-3/h5-11H,4,12H2,1-3H3,(H3,24,25,26,27,28,29). The van der Waals surface area contributed by atoms with Crippen molar-refractivity contribution in [2.24, 2.45) is 0 Å². The van der Waals surface area contributed by atoms with Crippen LogP contribution in [-0.4, -0.2) is 34.4 Å². The molecule has 31 heavy (non-hydrogen) atoms. The van der Waals surface area contributed by atoms with Gasteiger partial charge in [-0.2, -0.15) is 10.1 Å². The Labute approximate surface area is 185 Å². The van der Waals surface area contributed by atoms with Crippen molar-refractivity contribution in [1.29, 1.82) is 0 Å². The van der Waals surface area contributed by atoms with Gasteiger partial charge in [0, 0.05) is 28.9 Å². The Morgan fingerprint density at radius 1 is 1.03 bits per heavy atom. The summed E-state index contributed by atoms with van der Waals surface area (Å²) in [6.07, 6.45) is 0.859. The van der Waals surface area contributed by atoms with Crippen LogP contribution in [0.15, 0.2) is 42.5 Å². The van der Waals surface area contributed by atoms with Crippen LogP contribution in [0.2, 0.25) is 5.02 Å². The number of H-pyrrole nitrogens is 1. The van der Waals surface area contributed by atoms with Crippen molar-refractivity contribution in [3.63, 3.8) is 0 Å². The first kappa shape index (κ1) is 20.7. The molecule has 160 valence electrons. The van der Waals surface area contributed by atoms with E-state index in [4.69, 9.17) is 26.1 Å². The molecule has 0 aliphatic rings. The van der Waals surface area contributed by atoms with Crippen LogP contribution in [0.5, 0.6) is 11.5 Å². The van der Waals surface area contributed by atoms with Crippen molar-refractivity contribution in [1.82, 2.24) is 20.2 Å². The number of hydrogen-bond acceptors (Lipinski definition) is 7. The molecule has 0 amide bonds. The van der Waals surface area contributed by atoms with Gasteiger partial charge in [0.1, 0.15) is 17.3 Å². The van der Waals surface area contributed by atoms with Crippen LogP contribution in [0.4, 0.5) is 17.6 Å². The quantitative estimate of drug-likeness (QED) is 0.358. The van der Waals surface area contributed by atoms with E-state index >= 15 is 0 Å². The number of fused-ring (bicyclic) bond motifs is 1. The summed E-state index contributed by atoms with van der Waals surface area (Å²) in [5, 5.41) is 15.3. The maximum Gasteiger partial charge on any atom is 0.225 e. The van der Waals surface area contributed by atoms with E-state index in [0.29, 0.717) is 40.7 Å². The Kier molecular flexibility index (Phi) is 6.08. The van der Waals surface area contributed by atoms with Gasteiger partial charge >= 0.3 is 0 Å². The Balaban J connectivity index is 1.69. The molecule has 0 fully saturated rings. The lowest BCUT2D eigenvalue weighted by molar-refractivity contribution is 0.410. The summed E-state index contributed by atoms with van der Waals surface area (Å²) in [6, 6.07) is 13.2. The fraction of sp³-hybridized carbons (Fsp3) is 0.227. The van der Waals surface area contributed by atoms with E-state index in [1.165, 1.54) is 0 Å². The Bertz CT molecular complexity index is 1210. The molecule has 2 aromatic carbocycles. The van der Waals surface area contributed by atoms with E-state index in [1.807, 2.05) is 36.4 Å². The zero-order chi connectivity index (χ0) is 21.8. The van der Waals surface area contributed by atoms with Gasteiger partial charge in [-0.25, -0.2) is 4.98 Å². The number of rotatable bonds is 8. The summed E-state index contributed by atoms with van der Waals surface area (Å²) in [7, 11) is 3.24. The van der Waals surface area contributed by atoms with E-state index in [9.17, 15) is 0 Å². The molecule has 4 aromatic rings. The highest BCUT2D eigenvalue weighted by molar-refractivity contribution is 6.30. The minimum Gasteiger partial charge on any atom is -0.496 e. The van der Waals surface area contributed by atoms with Gasteiger partial charge < -0.3 is 20.1 Å². The van der Waals surface area contributed by atoms with Gasteiger partial charge in [-0.1, -0.05) is 30.7 Å². The van der Waals surface area contributed by atoms with Crippen LogP contribution in [-0.2, 0) is 13.0 Å². The fourth-order valence-corrected chi connectivity index (χ4v) is 3.42. The molecule has 2 aromatic heterocycles. The fourth-order valence-electron chi connectivity index (χ4n) is 3.26. The van der Waals surface area contributed by atoms with Crippen LogP contribution < -0.4 is 20.1 Å². The van der Waals surface area contributed by atoms with Crippen LogP contribution in [0.3, 0.4) is 0 Å². The summed E-state index contributed by atoms with van der Waals surface area (Å²) in [6.45, 7) is 2.53. The molecular weight excluding hydrogens is 416 g/mol. The van der Waals surface area contributed by atoms with Crippen molar-refractivity contribution >= 4 is 40.1 Å². The number of hydrogen-bond donors (Lipinski definition) is 3. The molecule has 0 saturated carbocycles. The second-order valence-electron chi connectivity index (χ2n) is 6.82. The van der Waals surface area contributed by atoms with Crippen molar-refractivity contribution in [3.8, 4) is 11.5 Å². The summed E-state index contributed by atoms with van der Waals surface area (Å²) >= 11 is 6.06. The third kappa shape index (κ3) is 4.49. The van der Waals surface area contributed by atoms with Crippen LogP contribution >= 0.6 is 11.6 Å². The molecule has 0 radical (unpaired) electrons. The van der Waals surface area contributed by atoms with Crippen molar-refractivity contribution in [2.75, 3.05) is 24.9 Å². The van der Waals surface area contributed by atoms with Crippen LogP contribution in [0, 0.1) is 0 Å². The Hall–Kier alpha value is -3.52. The van der Waals surface area contributed by atoms with E-state index < -0.39 is 0 Å². The highest BCUT2D eigenvalue weighted by Gasteiger charge is 2.14. The molecule has 0 aliphatic heterocycles. The third-order valence-corrected chi connectivity index (χ3v) is 5.08. The number of ether oxygens (including phenoxy) is 2. The zero-order valence-corrected chi connectivity index (χ0v) is 18.2. The number of nitrogens with one attached hydrogen (secondary N) is 3. The molecule has 0 spiro atoms. The maximum atomic E-state index is 6.06. The average Bonchev–Trinajstić information content (AvgIpc) is 3.25. The van der Waals surface area contributed by atoms with Gasteiger partial charge in [0.2, 0.25) is 5.95 Å². The molecule has 9 heteroatoms. The molecule has 0 saturated heterocycles. The van der Waals surface area contributed by atoms with Gasteiger partial charge in [-0.3, -0.25) is 5.10 Å². The van der Waals surface area contributed by atoms with Gasteiger partial charge in [0.05, 0.1) is 25.1 Å². The second-order valence-corrected chi connectivity index (χ2v) is 7.25. The third-order valence-electron chi connectivity index (χ3n) is 4.85. The van der Waals surface area contributed by atoms with Crippen LogP contribution in [0.1, 0.15) is 18.2 Å². The number of methoxy groups -OCH3 is 2. The van der Waals surface area contributed by atoms with Crippen molar-refractivity contribution in [3.05, 3.63) is 58.7 Å². The summed E-state index contributed by atoms with van der Waals surface area (Å²) in [5.41, 5.74) is 2.71. The first-order valence-corrected chi connectivity index (χ1v) is 10.2. The molecular formula is C22H23ClN6O2. The molecule has 4 rings (SSSR count). The lowest BCUT2D eigenvalue weighted by atomic mass is 10.2. The van der Waals surface area contributed by atoms with E-state index in [0.717, 1.165) is 28.6 Å². The number of anilines is 3. The summed E-state index contributed by atoms with van der Waals surface area (Å²) in [4.78, 5) is 9.35. The van der Waals surface area contributed by atoms with Crippen molar-refractivity contribution in [2.45, 2.75) is 19.9 Å². The van der Waals surface area contributed by atoms with Crippen LogP contribution in [0.25, 0.3) is 10.9 Å². The lowest BCUT2D eigenvalue weighted by Gasteiger charge is -2.14. The minimum atomic E-state index is 0.464. The second kappa shape index (κ2) is 9.09. The largest absolute Gasteiger partial charge is 0.496 e. The number of benzene rings is 2. The number of aromatic nitrogens is 4. The molecule has 0 unspecified atom stereocenters. The highest BCUT2D eigenvalue weighted by atomic mass is 35.5. The summed E-state index contributed by atoms with van der Waals surface area (Å²) < 4.78 is 11.0.